The van der Waals surface area contributed by atoms with Gasteiger partial charge in [0, 0.05) is 16.0 Å². The average molecular weight is 224 g/mol. The van der Waals surface area contributed by atoms with Crippen LogP contribution in [-0.4, -0.2) is 13.2 Å². The van der Waals surface area contributed by atoms with Crippen molar-refractivity contribution in [2.45, 2.75) is 18.3 Å². The second-order valence-corrected chi connectivity index (χ2v) is 4.97. The van der Waals surface area contributed by atoms with Crippen molar-refractivity contribution in [3.05, 3.63) is 28.8 Å². The van der Waals surface area contributed by atoms with E-state index in [1.54, 1.807) is 0 Å². The van der Waals surface area contributed by atoms with Gasteiger partial charge in [0.15, 0.2) is 0 Å². The van der Waals surface area contributed by atoms with E-state index in [0.717, 1.165) is 30.3 Å². The minimum Gasteiger partial charge on any atom is -0.493 e. The maximum Gasteiger partial charge on any atom is 0.123 e. The van der Waals surface area contributed by atoms with Crippen LogP contribution < -0.4 is 10.5 Å². The molecule has 0 bridgehead atoms. The molecule has 1 aliphatic carbocycles. The van der Waals surface area contributed by atoms with Crippen molar-refractivity contribution in [1.82, 2.24) is 0 Å². The van der Waals surface area contributed by atoms with Gasteiger partial charge in [-0.1, -0.05) is 11.6 Å². The summed E-state index contributed by atoms with van der Waals surface area (Å²) in [5.74, 6) is 1.63. The fourth-order valence-electron chi connectivity index (χ4n) is 2.82. The first kappa shape index (κ1) is 9.49. The van der Waals surface area contributed by atoms with Crippen LogP contribution in [0.15, 0.2) is 18.2 Å². The maximum absolute atomic E-state index is 6.04. The molecule has 1 aromatic carbocycles. The summed E-state index contributed by atoms with van der Waals surface area (Å²) in [5.41, 5.74) is 7.32. The zero-order valence-corrected chi connectivity index (χ0v) is 9.26. The highest BCUT2D eigenvalue weighted by molar-refractivity contribution is 6.30. The van der Waals surface area contributed by atoms with E-state index < -0.39 is 0 Å². The minimum atomic E-state index is 0.285. The van der Waals surface area contributed by atoms with Gasteiger partial charge in [-0.05, 0) is 43.5 Å². The Morgan fingerprint density at radius 3 is 3.13 bits per heavy atom. The molecule has 80 valence electrons. The van der Waals surface area contributed by atoms with Gasteiger partial charge in [0.25, 0.3) is 0 Å². The Morgan fingerprint density at radius 1 is 1.53 bits per heavy atom. The number of fused-ring (bicyclic) bond motifs is 2. The summed E-state index contributed by atoms with van der Waals surface area (Å²) in [6.45, 7) is 1.58. The second-order valence-electron chi connectivity index (χ2n) is 4.53. The van der Waals surface area contributed by atoms with Crippen LogP contribution in [0.1, 0.15) is 18.4 Å². The monoisotopic (exact) mass is 223 g/mol. The van der Waals surface area contributed by atoms with E-state index in [-0.39, 0.29) is 5.41 Å². The van der Waals surface area contributed by atoms with Crippen molar-refractivity contribution in [3.8, 4) is 5.75 Å². The lowest BCUT2D eigenvalue weighted by Gasteiger charge is -2.27. The van der Waals surface area contributed by atoms with Gasteiger partial charge in [0.2, 0.25) is 0 Å². The Kier molecular flexibility index (Phi) is 1.98. The van der Waals surface area contributed by atoms with Crippen LogP contribution in [0.25, 0.3) is 0 Å². The Hall–Kier alpha value is -0.730. The van der Waals surface area contributed by atoms with E-state index in [1.807, 2.05) is 18.2 Å². The lowest BCUT2D eigenvalue weighted by molar-refractivity contribution is 0.254. The summed E-state index contributed by atoms with van der Waals surface area (Å²) >= 11 is 6.04. The summed E-state index contributed by atoms with van der Waals surface area (Å²) < 4.78 is 5.65. The number of hydrogen-bond donors (Lipinski definition) is 1. The van der Waals surface area contributed by atoms with E-state index in [1.165, 1.54) is 12.0 Å². The number of ether oxygens (including phenoxy) is 1. The number of nitrogens with two attached hydrogens (primary N) is 1. The zero-order valence-electron chi connectivity index (χ0n) is 8.50. The van der Waals surface area contributed by atoms with Crippen LogP contribution in [0.3, 0.4) is 0 Å². The van der Waals surface area contributed by atoms with E-state index in [9.17, 15) is 0 Å². The molecule has 1 heterocycles. The molecule has 0 aromatic heterocycles. The highest BCUT2D eigenvalue weighted by Crippen LogP contribution is 2.60. The topological polar surface area (TPSA) is 35.2 Å². The minimum absolute atomic E-state index is 0.285. The molecule has 2 N–H and O–H groups in total. The van der Waals surface area contributed by atoms with Crippen molar-refractivity contribution in [2.75, 3.05) is 13.2 Å². The van der Waals surface area contributed by atoms with Crippen LogP contribution in [-0.2, 0) is 5.41 Å². The van der Waals surface area contributed by atoms with E-state index in [4.69, 9.17) is 22.1 Å². The van der Waals surface area contributed by atoms with Crippen molar-refractivity contribution in [2.24, 2.45) is 11.7 Å². The highest BCUT2D eigenvalue weighted by atomic mass is 35.5. The molecule has 3 heteroatoms. The van der Waals surface area contributed by atoms with E-state index in [2.05, 4.69) is 0 Å². The normalized spacial score (nSPS) is 32.3. The number of rotatable bonds is 1. The van der Waals surface area contributed by atoms with Crippen LogP contribution in [0.5, 0.6) is 5.75 Å². The molecule has 2 atom stereocenters. The van der Waals surface area contributed by atoms with E-state index in [0.29, 0.717) is 5.92 Å². The third kappa shape index (κ3) is 1.28. The molecular weight excluding hydrogens is 210 g/mol. The predicted octanol–water partition coefficient (Wildman–Crippen LogP) is 2.34. The maximum atomic E-state index is 6.04. The van der Waals surface area contributed by atoms with Gasteiger partial charge in [0.1, 0.15) is 5.75 Å². The molecule has 1 saturated carbocycles. The lowest BCUT2D eigenvalue weighted by Crippen LogP contribution is -2.24. The van der Waals surface area contributed by atoms with Crippen LogP contribution in [0, 0.1) is 5.92 Å². The Bertz CT molecular complexity index is 407. The van der Waals surface area contributed by atoms with Crippen molar-refractivity contribution in [3.63, 3.8) is 0 Å². The summed E-state index contributed by atoms with van der Waals surface area (Å²) in [4.78, 5) is 0. The van der Waals surface area contributed by atoms with Crippen LogP contribution in [0.4, 0.5) is 0 Å². The van der Waals surface area contributed by atoms with Gasteiger partial charge in [-0.25, -0.2) is 0 Å². The molecule has 3 rings (SSSR count). The van der Waals surface area contributed by atoms with Crippen molar-refractivity contribution in [1.29, 1.82) is 0 Å². The van der Waals surface area contributed by atoms with Gasteiger partial charge in [-0.3, -0.25) is 0 Å². The molecule has 1 fully saturated rings. The summed E-state index contributed by atoms with van der Waals surface area (Å²) in [6.07, 6.45) is 2.28. The zero-order chi connectivity index (χ0) is 10.5. The smallest absolute Gasteiger partial charge is 0.123 e. The number of halogens is 1. The lowest BCUT2D eigenvalue weighted by atomic mass is 9.87. The molecule has 1 spiro atoms. The number of hydrogen-bond acceptors (Lipinski definition) is 2. The predicted molar refractivity (Wildman–Crippen MR) is 60.4 cm³/mol. The third-order valence-corrected chi connectivity index (χ3v) is 4.04. The molecular formula is C12H14ClNO. The molecule has 0 amide bonds. The Morgan fingerprint density at radius 2 is 2.40 bits per heavy atom. The Balaban J connectivity index is 2.07. The SMILES string of the molecule is NC[C@@H]1C[C@@]12CCOc1ccc(Cl)cc12. The summed E-state index contributed by atoms with van der Waals surface area (Å²) in [6, 6.07) is 5.91. The van der Waals surface area contributed by atoms with Crippen LogP contribution >= 0.6 is 11.6 Å². The largest absolute Gasteiger partial charge is 0.493 e. The fraction of sp³-hybridized carbons (Fsp3) is 0.500. The van der Waals surface area contributed by atoms with Gasteiger partial charge in [-0.15, -0.1) is 0 Å². The third-order valence-electron chi connectivity index (χ3n) is 3.80. The van der Waals surface area contributed by atoms with Crippen molar-refractivity contribution < 1.29 is 4.74 Å². The second kappa shape index (κ2) is 3.13. The van der Waals surface area contributed by atoms with E-state index >= 15 is 0 Å². The molecule has 2 nitrogen and oxygen atoms in total. The first-order valence-corrected chi connectivity index (χ1v) is 5.77. The molecule has 15 heavy (non-hydrogen) atoms. The Labute approximate surface area is 94.4 Å². The van der Waals surface area contributed by atoms with Crippen LogP contribution in [0.2, 0.25) is 5.02 Å². The molecule has 0 saturated heterocycles. The van der Waals surface area contributed by atoms with Gasteiger partial charge in [0.05, 0.1) is 6.61 Å². The summed E-state index contributed by atoms with van der Waals surface area (Å²) in [5, 5.41) is 0.793. The molecule has 2 aliphatic rings. The van der Waals surface area contributed by atoms with Gasteiger partial charge >= 0.3 is 0 Å². The fourth-order valence-corrected chi connectivity index (χ4v) is 2.99. The molecule has 0 unspecified atom stereocenters. The molecule has 1 aromatic rings. The van der Waals surface area contributed by atoms with Crippen molar-refractivity contribution >= 4 is 11.6 Å². The first-order chi connectivity index (χ1) is 7.26. The van der Waals surface area contributed by atoms with Gasteiger partial charge in [-0.2, -0.15) is 0 Å². The quantitative estimate of drug-likeness (QED) is 0.793. The highest BCUT2D eigenvalue weighted by Gasteiger charge is 2.56. The summed E-state index contributed by atoms with van der Waals surface area (Å²) in [7, 11) is 0. The van der Waals surface area contributed by atoms with Gasteiger partial charge < -0.3 is 10.5 Å². The molecule has 1 aliphatic heterocycles. The standard InChI is InChI=1S/C12H14ClNO/c13-9-1-2-11-10(5-9)12(3-4-15-11)6-8(12)7-14/h1-2,5,8H,3-4,6-7,14H2/t8-,12-/m0/s1. The first-order valence-electron chi connectivity index (χ1n) is 5.39. The number of benzene rings is 1. The molecule has 0 radical (unpaired) electrons. The average Bonchev–Trinajstić information content (AvgIpc) is 2.94.